The quantitative estimate of drug-likeness (QED) is 0.552. The van der Waals surface area contributed by atoms with E-state index >= 15 is 0 Å². The summed E-state index contributed by atoms with van der Waals surface area (Å²) in [5, 5.41) is 2.74. The highest BCUT2D eigenvalue weighted by molar-refractivity contribution is 7.89. The van der Waals surface area contributed by atoms with Crippen LogP contribution in [0, 0.1) is 0 Å². The number of ether oxygens (including phenoxy) is 1. The number of carbonyl (C=O) groups excluding carboxylic acids is 3. The Labute approximate surface area is 171 Å². The van der Waals surface area contributed by atoms with E-state index < -0.39 is 34.0 Å². The van der Waals surface area contributed by atoms with Crippen molar-refractivity contribution in [3.05, 3.63) is 29.8 Å². The molecule has 9 nitrogen and oxygen atoms in total. The van der Waals surface area contributed by atoms with E-state index in [4.69, 9.17) is 4.74 Å². The number of benzene rings is 1. The number of esters is 1. The third-order valence-corrected chi connectivity index (χ3v) is 5.23. The second kappa shape index (κ2) is 10.4. The first kappa shape index (κ1) is 24.6. The number of carbonyl (C=O) groups is 3. The fourth-order valence-corrected chi connectivity index (χ4v) is 3.02. The zero-order valence-electron chi connectivity index (χ0n) is 17.4. The number of hydrogen-bond acceptors (Lipinski definition) is 6. The molecule has 0 spiro atoms. The van der Waals surface area contributed by atoms with Crippen molar-refractivity contribution in [2.75, 3.05) is 27.2 Å². The van der Waals surface area contributed by atoms with Crippen molar-refractivity contribution in [1.29, 1.82) is 0 Å². The summed E-state index contributed by atoms with van der Waals surface area (Å²) in [6.07, 6.45) is 0.385. The van der Waals surface area contributed by atoms with Gasteiger partial charge in [-0.1, -0.05) is 12.1 Å². The number of amides is 2. The van der Waals surface area contributed by atoms with Gasteiger partial charge in [0, 0.05) is 19.0 Å². The fourth-order valence-electron chi connectivity index (χ4n) is 2.29. The monoisotopic (exact) mass is 427 g/mol. The topological polar surface area (TPSA) is 122 Å². The molecule has 2 amide bonds. The smallest absolute Gasteiger partial charge is 0.306 e. The minimum absolute atomic E-state index is 0.0413. The van der Waals surface area contributed by atoms with E-state index in [9.17, 15) is 22.8 Å². The number of likely N-dealkylation sites (N-methyl/N-ethyl adjacent to an activating group) is 1. The second-order valence-electron chi connectivity index (χ2n) is 7.56. The molecule has 0 unspecified atom stereocenters. The minimum Gasteiger partial charge on any atom is -0.456 e. The lowest BCUT2D eigenvalue weighted by atomic mass is 10.1. The summed E-state index contributed by atoms with van der Waals surface area (Å²) in [7, 11) is -0.718. The van der Waals surface area contributed by atoms with Gasteiger partial charge in [-0.15, -0.1) is 0 Å². The average Bonchev–Trinajstić information content (AvgIpc) is 2.63. The molecule has 29 heavy (non-hydrogen) atoms. The predicted octanol–water partition coefficient (Wildman–Crippen LogP) is 0.444. The lowest BCUT2D eigenvalue weighted by Crippen LogP contribution is -2.46. The first-order chi connectivity index (χ1) is 13.3. The van der Waals surface area contributed by atoms with E-state index in [0.29, 0.717) is 6.42 Å². The Morgan fingerprint density at radius 1 is 1.10 bits per heavy atom. The van der Waals surface area contributed by atoms with Gasteiger partial charge in [0.15, 0.2) is 6.61 Å². The molecular formula is C19H29N3O6S. The molecule has 0 aliphatic heterocycles. The van der Waals surface area contributed by atoms with E-state index in [1.165, 1.54) is 31.1 Å². The third kappa shape index (κ3) is 9.05. The fraction of sp³-hybridized carbons (Fsp3) is 0.526. The molecule has 0 saturated carbocycles. The summed E-state index contributed by atoms with van der Waals surface area (Å²) in [6, 6.07) is 6.13. The molecule has 0 aromatic heterocycles. The molecule has 1 aromatic carbocycles. The summed E-state index contributed by atoms with van der Waals surface area (Å²) >= 11 is 0. The normalized spacial score (nSPS) is 11.6. The van der Waals surface area contributed by atoms with Crippen LogP contribution < -0.4 is 10.0 Å². The maximum absolute atomic E-state index is 12.0. The van der Waals surface area contributed by atoms with Crippen LogP contribution in [0.15, 0.2) is 29.2 Å². The van der Waals surface area contributed by atoms with Crippen LogP contribution in [0.4, 0.5) is 0 Å². The third-order valence-electron chi connectivity index (χ3n) is 3.80. The molecule has 1 rings (SSSR count). The summed E-state index contributed by atoms with van der Waals surface area (Å²) in [5.74, 6) is -1.34. The molecule has 0 bridgehead atoms. The van der Waals surface area contributed by atoms with Gasteiger partial charge >= 0.3 is 5.97 Å². The van der Waals surface area contributed by atoms with Gasteiger partial charge in [-0.25, -0.2) is 13.1 Å². The molecule has 0 saturated heterocycles. The number of nitrogens with zero attached hydrogens (tertiary/aromatic N) is 1. The van der Waals surface area contributed by atoms with Crippen molar-refractivity contribution < 1.29 is 27.5 Å². The Morgan fingerprint density at radius 2 is 1.69 bits per heavy atom. The van der Waals surface area contributed by atoms with Crippen LogP contribution >= 0.6 is 0 Å². The van der Waals surface area contributed by atoms with Gasteiger partial charge < -0.3 is 15.0 Å². The summed E-state index contributed by atoms with van der Waals surface area (Å²) in [5.41, 5.74) is 0.363. The van der Waals surface area contributed by atoms with Crippen LogP contribution in [-0.2, 0) is 35.6 Å². The molecular weight excluding hydrogens is 398 g/mol. The van der Waals surface area contributed by atoms with Crippen molar-refractivity contribution in [3.63, 3.8) is 0 Å². The van der Waals surface area contributed by atoms with Crippen LogP contribution in [-0.4, -0.2) is 63.9 Å². The number of rotatable bonds is 9. The lowest BCUT2D eigenvalue weighted by molar-refractivity contribution is -0.152. The van der Waals surface area contributed by atoms with E-state index in [1.807, 2.05) is 20.8 Å². The molecule has 1 aromatic rings. The van der Waals surface area contributed by atoms with Crippen LogP contribution in [0.2, 0.25) is 0 Å². The predicted molar refractivity (Wildman–Crippen MR) is 108 cm³/mol. The van der Waals surface area contributed by atoms with Crippen LogP contribution in [0.5, 0.6) is 0 Å². The molecule has 0 atom stereocenters. The van der Waals surface area contributed by atoms with Gasteiger partial charge in [0.1, 0.15) is 0 Å². The number of aryl methyl sites for hydroxylation is 1. The maximum atomic E-state index is 12.0. The molecule has 10 heteroatoms. The second-order valence-corrected chi connectivity index (χ2v) is 9.45. The summed E-state index contributed by atoms with van der Waals surface area (Å²) in [6.45, 7) is 4.93. The highest BCUT2D eigenvalue weighted by atomic mass is 32.2. The molecule has 2 N–H and O–H groups in total. The SMILES string of the molecule is CNS(=O)(=O)c1ccc(CCC(=O)OCC(=O)N(C)CC(=O)NC(C)(C)C)cc1. The van der Waals surface area contributed by atoms with Gasteiger partial charge in [-0.2, -0.15) is 0 Å². The van der Waals surface area contributed by atoms with Gasteiger partial charge in [-0.05, 0) is 51.9 Å². The van der Waals surface area contributed by atoms with E-state index in [0.717, 1.165) is 5.56 Å². The maximum Gasteiger partial charge on any atom is 0.306 e. The van der Waals surface area contributed by atoms with Crippen molar-refractivity contribution in [2.24, 2.45) is 0 Å². The van der Waals surface area contributed by atoms with Gasteiger partial charge in [0.25, 0.3) is 5.91 Å². The number of sulfonamides is 1. The largest absolute Gasteiger partial charge is 0.456 e. The molecule has 0 aliphatic rings. The van der Waals surface area contributed by atoms with Crippen LogP contribution in [0.1, 0.15) is 32.8 Å². The Morgan fingerprint density at radius 3 is 2.21 bits per heavy atom. The Balaban J connectivity index is 2.41. The molecule has 0 heterocycles. The first-order valence-electron chi connectivity index (χ1n) is 9.07. The van der Waals surface area contributed by atoms with Crippen molar-refractivity contribution in [2.45, 2.75) is 44.0 Å². The van der Waals surface area contributed by atoms with E-state index in [2.05, 4.69) is 10.0 Å². The lowest BCUT2D eigenvalue weighted by Gasteiger charge is -2.23. The minimum atomic E-state index is -3.50. The molecule has 0 radical (unpaired) electrons. The van der Waals surface area contributed by atoms with Crippen LogP contribution in [0.25, 0.3) is 0 Å². The average molecular weight is 428 g/mol. The Bertz CT molecular complexity index is 828. The number of nitrogens with one attached hydrogen (secondary N) is 2. The highest BCUT2D eigenvalue weighted by Gasteiger charge is 2.19. The summed E-state index contributed by atoms with van der Waals surface area (Å²) in [4.78, 5) is 37.0. The zero-order chi connectivity index (χ0) is 22.2. The van der Waals surface area contributed by atoms with Crippen molar-refractivity contribution in [1.82, 2.24) is 14.9 Å². The van der Waals surface area contributed by atoms with Crippen molar-refractivity contribution >= 4 is 27.8 Å². The van der Waals surface area contributed by atoms with E-state index in [-0.39, 0.29) is 23.8 Å². The first-order valence-corrected chi connectivity index (χ1v) is 10.6. The van der Waals surface area contributed by atoms with Gasteiger partial charge in [0.2, 0.25) is 15.9 Å². The summed E-state index contributed by atoms with van der Waals surface area (Å²) < 4.78 is 30.5. The zero-order valence-corrected chi connectivity index (χ0v) is 18.3. The highest BCUT2D eigenvalue weighted by Crippen LogP contribution is 2.11. The van der Waals surface area contributed by atoms with Crippen LogP contribution in [0.3, 0.4) is 0 Å². The van der Waals surface area contributed by atoms with Crippen molar-refractivity contribution in [3.8, 4) is 0 Å². The van der Waals surface area contributed by atoms with E-state index in [1.54, 1.807) is 12.1 Å². The molecule has 0 aliphatic carbocycles. The Hall–Kier alpha value is -2.46. The molecule has 0 fully saturated rings. The Kier molecular flexibility index (Phi) is 8.78. The standard InChI is InChI=1S/C19H29N3O6S/c1-19(2,3)21-16(23)12-22(5)17(24)13-28-18(25)11-8-14-6-9-15(10-7-14)29(26,27)20-4/h6-7,9-10,20H,8,11-13H2,1-5H3,(H,21,23). The van der Waals surface area contributed by atoms with Gasteiger partial charge in [-0.3, -0.25) is 14.4 Å². The van der Waals surface area contributed by atoms with Gasteiger partial charge in [0.05, 0.1) is 11.4 Å². The number of hydrogen-bond donors (Lipinski definition) is 2. The molecule has 162 valence electrons.